The number of hydrogen-bond acceptors (Lipinski definition) is 5. The summed E-state index contributed by atoms with van der Waals surface area (Å²) in [4.78, 5) is 13.9. The Bertz CT molecular complexity index is 817. The normalized spacial score (nSPS) is 17.3. The zero-order chi connectivity index (χ0) is 19.4. The number of hydrogen-bond donors (Lipinski definition) is 0. The van der Waals surface area contributed by atoms with Crippen LogP contribution in [0.15, 0.2) is 18.5 Å². The average Bonchev–Trinajstić information content (AvgIpc) is 3.09. The van der Waals surface area contributed by atoms with Crippen LogP contribution >= 0.6 is 0 Å². The lowest BCUT2D eigenvalue weighted by Crippen LogP contribution is -2.36. The Balaban J connectivity index is 1.78. The minimum Gasteiger partial charge on any atom is -0.355 e. The number of imidazole rings is 1. The van der Waals surface area contributed by atoms with Gasteiger partial charge in [-0.15, -0.1) is 0 Å². The molecule has 1 fully saturated rings. The van der Waals surface area contributed by atoms with Crippen molar-refractivity contribution in [3.63, 3.8) is 0 Å². The number of nitriles is 1. The van der Waals surface area contributed by atoms with Gasteiger partial charge in [-0.1, -0.05) is 0 Å². The maximum atomic E-state index is 9.62. The summed E-state index contributed by atoms with van der Waals surface area (Å²) in [6.45, 7) is 7.88. The van der Waals surface area contributed by atoms with Gasteiger partial charge in [0.15, 0.2) is 0 Å². The highest BCUT2D eigenvalue weighted by Crippen LogP contribution is 2.31. The van der Waals surface area contributed by atoms with Gasteiger partial charge in [-0.2, -0.15) is 5.26 Å². The molecule has 6 nitrogen and oxygen atoms in total. The minimum absolute atomic E-state index is 0.377. The van der Waals surface area contributed by atoms with Crippen LogP contribution in [0.1, 0.15) is 47.8 Å². The van der Waals surface area contributed by atoms with Crippen molar-refractivity contribution >= 4 is 5.82 Å². The summed E-state index contributed by atoms with van der Waals surface area (Å²) >= 11 is 0. The molecule has 0 spiro atoms. The van der Waals surface area contributed by atoms with Crippen molar-refractivity contribution in [3.8, 4) is 6.07 Å². The highest BCUT2D eigenvalue weighted by molar-refractivity contribution is 5.58. The van der Waals surface area contributed by atoms with Crippen molar-refractivity contribution < 1.29 is 0 Å². The molecule has 27 heavy (non-hydrogen) atoms. The molecule has 0 aliphatic carbocycles. The zero-order valence-electron chi connectivity index (χ0n) is 16.9. The zero-order valence-corrected chi connectivity index (χ0v) is 16.9. The number of aromatic nitrogens is 3. The van der Waals surface area contributed by atoms with E-state index in [1.54, 1.807) is 0 Å². The Morgan fingerprint density at radius 1 is 1.33 bits per heavy atom. The molecule has 6 heteroatoms. The van der Waals surface area contributed by atoms with Gasteiger partial charge in [0.1, 0.15) is 17.7 Å². The molecule has 0 bridgehead atoms. The second kappa shape index (κ2) is 8.53. The molecule has 2 aromatic heterocycles. The molecular formula is C21H30N6. The Kier molecular flexibility index (Phi) is 6.12. The van der Waals surface area contributed by atoms with Crippen molar-refractivity contribution in [1.29, 1.82) is 5.26 Å². The summed E-state index contributed by atoms with van der Waals surface area (Å²) < 4.78 is 2.30. The fraction of sp³-hybridized carbons (Fsp3) is 0.571. The molecule has 0 N–H and O–H groups in total. The summed E-state index contributed by atoms with van der Waals surface area (Å²) in [6, 6.07) is 4.35. The third kappa shape index (κ3) is 4.48. The average molecular weight is 367 g/mol. The van der Waals surface area contributed by atoms with Gasteiger partial charge in [-0.3, -0.25) is 0 Å². The standard InChI is InChI=1S/C21H30N6/c1-16-13-17(2)24-21(19(16)14-22)27-10-5-7-18(15-27)20-23-8-12-26(20)11-6-9-25(3)4/h8,12-13,18H,5-7,9-11,15H2,1-4H3. The Labute approximate surface area is 162 Å². The van der Waals surface area contributed by atoms with Gasteiger partial charge in [0, 0.05) is 43.6 Å². The van der Waals surface area contributed by atoms with Gasteiger partial charge < -0.3 is 14.4 Å². The van der Waals surface area contributed by atoms with E-state index in [4.69, 9.17) is 4.98 Å². The van der Waals surface area contributed by atoms with Gasteiger partial charge in [-0.05, 0) is 65.4 Å². The smallest absolute Gasteiger partial charge is 0.147 e. The van der Waals surface area contributed by atoms with Crippen LogP contribution < -0.4 is 4.90 Å². The highest BCUT2D eigenvalue weighted by Gasteiger charge is 2.27. The van der Waals surface area contributed by atoms with E-state index in [1.165, 1.54) is 5.82 Å². The third-order valence-electron chi connectivity index (χ3n) is 5.28. The largest absolute Gasteiger partial charge is 0.355 e. The van der Waals surface area contributed by atoms with E-state index in [0.717, 1.165) is 62.5 Å². The van der Waals surface area contributed by atoms with E-state index in [9.17, 15) is 5.26 Å². The SMILES string of the molecule is Cc1cc(C)c(C#N)c(N2CCCC(c3nccn3CCCN(C)C)C2)n1. The van der Waals surface area contributed by atoms with E-state index in [-0.39, 0.29) is 0 Å². The molecule has 3 rings (SSSR count). The predicted molar refractivity (Wildman–Crippen MR) is 108 cm³/mol. The number of rotatable bonds is 6. The molecule has 1 saturated heterocycles. The molecule has 1 aliphatic rings. The summed E-state index contributed by atoms with van der Waals surface area (Å²) in [6.07, 6.45) is 7.35. The van der Waals surface area contributed by atoms with E-state index >= 15 is 0 Å². The summed E-state index contributed by atoms with van der Waals surface area (Å²) in [5, 5.41) is 9.62. The molecule has 1 unspecified atom stereocenters. The van der Waals surface area contributed by atoms with Crippen molar-refractivity contribution in [2.45, 2.75) is 45.6 Å². The number of piperidine rings is 1. The van der Waals surface area contributed by atoms with Crippen LogP contribution in [0.4, 0.5) is 5.82 Å². The molecule has 2 aromatic rings. The molecule has 3 heterocycles. The van der Waals surface area contributed by atoms with Gasteiger partial charge in [0.05, 0.1) is 5.56 Å². The van der Waals surface area contributed by atoms with Crippen LogP contribution in [0, 0.1) is 25.2 Å². The number of pyridine rings is 1. The minimum atomic E-state index is 0.377. The van der Waals surface area contributed by atoms with Gasteiger partial charge in [-0.25, -0.2) is 9.97 Å². The first-order valence-corrected chi connectivity index (χ1v) is 9.78. The van der Waals surface area contributed by atoms with Crippen molar-refractivity contribution in [2.24, 2.45) is 0 Å². The summed E-state index contributed by atoms with van der Waals surface area (Å²) in [5.41, 5.74) is 2.68. The first-order valence-electron chi connectivity index (χ1n) is 9.78. The lowest BCUT2D eigenvalue weighted by Gasteiger charge is -2.34. The monoisotopic (exact) mass is 366 g/mol. The fourth-order valence-corrected chi connectivity index (χ4v) is 3.99. The van der Waals surface area contributed by atoms with Gasteiger partial charge in [0.2, 0.25) is 0 Å². The maximum absolute atomic E-state index is 9.62. The number of nitrogens with zero attached hydrogens (tertiary/aromatic N) is 6. The molecule has 144 valence electrons. The predicted octanol–water partition coefficient (Wildman–Crippen LogP) is 3.10. The lowest BCUT2D eigenvalue weighted by atomic mass is 9.96. The molecule has 0 radical (unpaired) electrons. The summed E-state index contributed by atoms with van der Waals surface area (Å²) in [5.74, 6) is 2.38. The van der Waals surface area contributed by atoms with Crippen LogP contribution in [0.2, 0.25) is 0 Å². The molecule has 0 amide bonds. The Hall–Kier alpha value is -2.39. The van der Waals surface area contributed by atoms with Crippen LogP contribution in [0.5, 0.6) is 0 Å². The van der Waals surface area contributed by atoms with E-state index < -0.39 is 0 Å². The van der Waals surface area contributed by atoms with E-state index in [0.29, 0.717) is 11.5 Å². The van der Waals surface area contributed by atoms with Gasteiger partial charge >= 0.3 is 0 Å². The van der Waals surface area contributed by atoms with Crippen LogP contribution in [-0.2, 0) is 6.54 Å². The van der Waals surface area contributed by atoms with Gasteiger partial charge in [0.25, 0.3) is 0 Å². The Morgan fingerprint density at radius 3 is 2.89 bits per heavy atom. The van der Waals surface area contributed by atoms with Crippen LogP contribution in [0.25, 0.3) is 0 Å². The quantitative estimate of drug-likeness (QED) is 0.786. The molecular weight excluding hydrogens is 336 g/mol. The third-order valence-corrected chi connectivity index (χ3v) is 5.28. The molecule has 0 aromatic carbocycles. The van der Waals surface area contributed by atoms with Crippen molar-refractivity contribution in [2.75, 3.05) is 38.6 Å². The van der Waals surface area contributed by atoms with Crippen LogP contribution in [0.3, 0.4) is 0 Å². The van der Waals surface area contributed by atoms with Crippen molar-refractivity contribution in [1.82, 2.24) is 19.4 Å². The first-order chi connectivity index (χ1) is 13.0. The first kappa shape index (κ1) is 19.4. The topological polar surface area (TPSA) is 61.0 Å². The second-order valence-electron chi connectivity index (χ2n) is 7.81. The molecule has 1 atom stereocenters. The highest BCUT2D eigenvalue weighted by atomic mass is 15.2. The van der Waals surface area contributed by atoms with Crippen molar-refractivity contribution in [3.05, 3.63) is 41.1 Å². The molecule has 0 saturated carbocycles. The lowest BCUT2D eigenvalue weighted by molar-refractivity contribution is 0.380. The maximum Gasteiger partial charge on any atom is 0.147 e. The molecule has 1 aliphatic heterocycles. The summed E-state index contributed by atoms with van der Waals surface area (Å²) in [7, 11) is 4.22. The van der Waals surface area contributed by atoms with E-state index in [1.807, 2.05) is 26.1 Å². The number of aryl methyl sites for hydroxylation is 3. The van der Waals surface area contributed by atoms with Crippen LogP contribution in [-0.4, -0.2) is 53.2 Å². The second-order valence-corrected chi connectivity index (χ2v) is 7.81. The fourth-order valence-electron chi connectivity index (χ4n) is 3.99. The Morgan fingerprint density at radius 2 is 2.15 bits per heavy atom. The number of anilines is 1. The van der Waals surface area contributed by atoms with E-state index in [2.05, 4.69) is 45.7 Å².